The van der Waals surface area contributed by atoms with Gasteiger partial charge in [0.25, 0.3) is 5.91 Å². The first-order valence-electron chi connectivity index (χ1n) is 7.67. The minimum Gasteiger partial charge on any atom is -0.350 e. The zero-order valence-corrected chi connectivity index (χ0v) is 13.3. The molecule has 2 heterocycles. The minimum absolute atomic E-state index is 0.0212. The number of hydrogen-bond acceptors (Lipinski definition) is 1. The van der Waals surface area contributed by atoms with Gasteiger partial charge in [0.2, 0.25) is 0 Å². The Kier molecular flexibility index (Phi) is 3.65. The highest BCUT2D eigenvalue weighted by Gasteiger charge is 2.48. The lowest BCUT2D eigenvalue weighted by atomic mass is 10.1. The Morgan fingerprint density at radius 1 is 1.26 bits per heavy atom. The van der Waals surface area contributed by atoms with Crippen molar-refractivity contribution in [1.29, 1.82) is 0 Å². The Bertz CT molecular complexity index is 776. The summed E-state index contributed by atoms with van der Waals surface area (Å²) in [7, 11) is 0. The second-order valence-electron chi connectivity index (χ2n) is 6.33. The van der Waals surface area contributed by atoms with E-state index in [4.69, 9.17) is 0 Å². The molecule has 1 aliphatic heterocycles. The number of H-pyrrole nitrogens is 1. The van der Waals surface area contributed by atoms with Crippen LogP contribution in [0.4, 0.5) is 13.2 Å². The summed E-state index contributed by atoms with van der Waals surface area (Å²) in [6.45, 7) is 5.81. The van der Waals surface area contributed by atoms with E-state index in [0.717, 1.165) is 26.9 Å². The van der Waals surface area contributed by atoms with Crippen LogP contribution in [0.15, 0.2) is 12.1 Å². The lowest BCUT2D eigenvalue weighted by Gasteiger charge is -2.26. The van der Waals surface area contributed by atoms with Gasteiger partial charge < -0.3 is 9.88 Å². The van der Waals surface area contributed by atoms with Crippen LogP contribution < -0.4 is 0 Å². The van der Waals surface area contributed by atoms with E-state index in [0.29, 0.717) is 12.0 Å². The molecule has 6 heteroatoms. The van der Waals surface area contributed by atoms with Crippen LogP contribution in [-0.4, -0.2) is 34.6 Å². The molecule has 1 aromatic carbocycles. The number of halogens is 3. The van der Waals surface area contributed by atoms with Crippen molar-refractivity contribution >= 4 is 16.8 Å². The highest BCUT2D eigenvalue weighted by Crippen LogP contribution is 2.35. The van der Waals surface area contributed by atoms with E-state index in [1.54, 1.807) is 6.92 Å². The van der Waals surface area contributed by atoms with Crippen molar-refractivity contribution < 1.29 is 18.0 Å². The Balaban J connectivity index is 2.05. The van der Waals surface area contributed by atoms with E-state index in [1.807, 2.05) is 26.0 Å². The van der Waals surface area contributed by atoms with Crippen molar-refractivity contribution in [3.05, 3.63) is 34.5 Å². The van der Waals surface area contributed by atoms with Crippen molar-refractivity contribution in [2.75, 3.05) is 6.54 Å². The smallest absolute Gasteiger partial charge is 0.350 e. The van der Waals surface area contributed by atoms with Crippen molar-refractivity contribution in [1.82, 2.24) is 9.88 Å². The van der Waals surface area contributed by atoms with Crippen LogP contribution in [0.5, 0.6) is 0 Å². The summed E-state index contributed by atoms with van der Waals surface area (Å²) in [6.07, 6.45) is -4.02. The lowest BCUT2D eigenvalue weighted by molar-refractivity contribution is -0.169. The number of aromatic amines is 1. The maximum atomic E-state index is 13.1. The topological polar surface area (TPSA) is 36.1 Å². The highest BCUT2D eigenvalue weighted by atomic mass is 19.4. The van der Waals surface area contributed by atoms with E-state index in [1.165, 1.54) is 0 Å². The predicted octanol–water partition coefficient (Wildman–Crippen LogP) is 4.26. The van der Waals surface area contributed by atoms with E-state index in [2.05, 4.69) is 4.98 Å². The fraction of sp³-hybridized carbons (Fsp3) is 0.471. The Hall–Kier alpha value is -1.98. The van der Waals surface area contributed by atoms with Gasteiger partial charge in [-0.3, -0.25) is 4.79 Å². The van der Waals surface area contributed by atoms with Gasteiger partial charge in [0, 0.05) is 17.4 Å². The number of fused-ring (bicyclic) bond motifs is 1. The van der Waals surface area contributed by atoms with Crippen LogP contribution in [-0.2, 0) is 0 Å². The molecule has 0 unspecified atom stereocenters. The van der Waals surface area contributed by atoms with Gasteiger partial charge in [0.05, 0.1) is 0 Å². The van der Waals surface area contributed by atoms with Crippen LogP contribution in [0.3, 0.4) is 0 Å². The SMILES string of the molecule is Cc1cc(C)c2[nH]c(C(=O)N3CCC[C@@H]3C(F)(F)F)c(C)c2c1. The van der Waals surface area contributed by atoms with Crippen molar-refractivity contribution in [3.63, 3.8) is 0 Å². The third kappa shape index (κ3) is 2.60. The molecule has 3 rings (SSSR count). The van der Waals surface area contributed by atoms with Crippen molar-refractivity contribution in [3.8, 4) is 0 Å². The first-order chi connectivity index (χ1) is 10.7. The molecule has 124 valence electrons. The van der Waals surface area contributed by atoms with Crippen molar-refractivity contribution in [2.45, 2.75) is 45.8 Å². The number of amides is 1. The fourth-order valence-corrected chi connectivity index (χ4v) is 3.49. The Morgan fingerprint density at radius 3 is 2.61 bits per heavy atom. The molecule has 1 N–H and O–H groups in total. The maximum absolute atomic E-state index is 13.1. The summed E-state index contributed by atoms with van der Waals surface area (Å²) >= 11 is 0. The Labute approximate surface area is 132 Å². The summed E-state index contributed by atoms with van der Waals surface area (Å²) in [6, 6.07) is 2.26. The number of aryl methyl sites for hydroxylation is 3. The van der Waals surface area contributed by atoms with E-state index >= 15 is 0 Å². The van der Waals surface area contributed by atoms with Gasteiger partial charge >= 0.3 is 6.18 Å². The van der Waals surface area contributed by atoms with E-state index < -0.39 is 18.1 Å². The molecule has 2 aromatic rings. The summed E-state index contributed by atoms with van der Waals surface area (Å²) < 4.78 is 39.3. The number of hydrogen-bond donors (Lipinski definition) is 1. The molecule has 1 fully saturated rings. The molecule has 1 saturated heterocycles. The predicted molar refractivity (Wildman–Crippen MR) is 82.6 cm³/mol. The first-order valence-corrected chi connectivity index (χ1v) is 7.67. The molecule has 0 radical (unpaired) electrons. The number of nitrogens with one attached hydrogen (secondary N) is 1. The van der Waals surface area contributed by atoms with E-state index in [9.17, 15) is 18.0 Å². The highest BCUT2D eigenvalue weighted by molar-refractivity contribution is 6.02. The molecule has 1 amide bonds. The number of likely N-dealkylation sites (tertiary alicyclic amines) is 1. The number of aromatic nitrogens is 1. The second kappa shape index (κ2) is 5.28. The van der Waals surface area contributed by atoms with Crippen LogP contribution >= 0.6 is 0 Å². The third-order valence-corrected chi connectivity index (χ3v) is 4.61. The zero-order chi connectivity index (χ0) is 16.9. The molecule has 3 nitrogen and oxygen atoms in total. The molecule has 0 saturated carbocycles. The normalized spacial score (nSPS) is 18.9. The van der Waals surface area contributed by atoms with Crippen LogP contribution in [0, 0.1) is 20.8 Å². The number of alkyl halides is 3. The molecule has 23 heavy (non-hydrogen) atoms. The zero-order valence-electron chi connectivity index (χ0n) is 13.3. The number of carbonyl (C=O) groups excluding carboxylic acids is 1. The number of benzene rings is 1. The van der Waals surface area contributed by atoms with Gasteiger partial charge in [-0.1, -0.05) is 11.6 Å². The molecule has 1 aromatic heterocycles. The lowest BCUT2D eigenvalue weighted by Crippen LogP contribution is -2.44. The van der Waals surface area contributed by atoms with Gasteiger partial charge in [-0.25, -0.2) is 0 Å². The average Bonchev–Trinajstić information content (AvgIpc) is 3.04. The molecule has 0 bridgehead atoms. The molecule has 1 atom stereocenters. The van der Waals surface area contributed by atoms with Crippen molar-refractivity contribution in [2.24, 2.45) is 0 Å². The standard InChI is InChI=1S/C17H19F3N2O/c1-9-7-10(2)14-12(8-9)11(3)15(21-14)16(23)22-6-4-5-13(22)17(18,19)20/h7-8,13,21H,4-6H2,1-3H3/t13-/m1/s1. The van der Waals surface area contributed by atoms with Gasteiger partial charge in [0.1, 0.15) is 11.7 Å². The van der Waals surface area contributed by atoms with E-state index in [-0.39, 0.29) is 18.7 Å². The maximum Gasteiger partial charge on any atom is 0.408 e. The number of rotatable bonds is 1. The molecular weight excluding hydrogens is 305 g/mol. The first kappa shape index (κ1) is 15.9. The minimum atomic E-state index is -4.38. The largest absolute Gasteiger partial charge is 0.408 e. The Morgan fingerprint density at radius 2 is 1.96 bits per heavy atom. The summed E-state index contributed by atoms with van der Waals surface area (Å²) in [5.41, 5.74) is 3.84. The summed E-state index contributed by atoms with van der Waals surface area (Å²) in [4.78, 5) is 16.7. The number of nitrogens with zero attached hydrogens (tertiary/aromatic N) is 1. The molecule has 1 aliphatic rings. The third-order valence-electron chi connectivity index (χ3n) is 4.61. The van der Waals surface area contributed by atoms with Gasteiger partial charge in [-0.05, 0) is 50.8 Å². The average molecular weight is 324 g/mol. The van der Waals surface area contributed by atoms with Gasteiger partial charge in [0.15, 0.2) is 0 Å². The molecular formula is C17H19F3N2O. The van der Waals surface area contributed by atoms with Gasteiger partial charge in [-0.2, -0.15) is 13.2 Å². The van der Waals surface area contributed by atoms with Crippen LogP contribution in [0.2, 0.25) is 0 Å². The van der Waals surface area contributed by atoms with Crippen LogP contribution in [0.25, 0.3) is 10.9 Å². The monoisotopic (exact) mass is 324 g/mol. The molecule has 0 spiro atoms. The molecule has 0 aliphatic carbocycles. The second-order valence-corrected chi connectivity index (χ2v) is 6.33. The quantitative estimate of drug-likeness (QED) is 0.836. The number of carbonyl (C=O) groups is 1. The van der Waals surface area contributed by atoms with Gasteiger partial charge in [-0.15, -0.1) is 0 Å². The van der Waals surface area contributed by atoms with Crippen LogP contribution in [0.1, 0.15) is 40.0 Å². The fourth-order valence-electron chi connectivity index (χ4n) is 3.49. The summed E-state index contributed by atoms with van der Waals surface area (Å²) in [5, 5.41) is 0.897. The summed E-state index contributed by atoms with van der Waals surface area (Å²) in [5.74, 6) is -0.560.